The van der Waals surface area contributed by atoms with Crippen LogP contribution in [0, 0.1) is 5.82 Å². The normalized spacial score (nSPS) is 18.0. The number of nitrogens with one attached hydrogen (secondary N) is 2. The van der Waals surface area contributed by atoms with Crippen LogP contribution in [0.4, 0.5) is 4.39 Å². The van der Waals surface area contributed by atoms with Crippen LogP contribution in [0.1, 0.15) is 30.1 Å². The third kappa shape index (κ3) is 3.34. The summed E-state index contributed by atoms with van der Waals surface area (Å²) in [7, 11) is 0. The monoisotopic (exact) mass is 374 g/mol. The number of para-hydroxylation sites is 1. The van der Waals surface area contributed by atoms with Crippen molar-refractivity contribution in [1.29, 1.82) is 0 Å². The molecule has 1 aliphatic heterocycles. The van der Waals surface area contributed by atoms with Crippen molar-refractivity contribution in [1.82, 2.24) is 20.1 Å². The van der Waals surface area contributed by atoms with E-state index in [2.05, 4.69) is 50.4 Å². The van der Waals surface area contributed by atoms with E-state index in [-0.39, 0.29) is 5.82 Å². The number of hydrogen-bond acceptors (Lipinski definition) is 2. The first-order chi connectivity index (χ1) is 13.8. The molecule has 28 heavy (non-hydrogen) atoms. The molecule has 0 saturated carbocycles. The Balaban J connectivity index is 1.35. The zero-order valence-corrected chi connectivity index (χ0v) is 15.7. The first-order valence-corrected chi connectivity index (χ1v) is 9.84. The van der Waals surface area contributed by atoms with Crippen LogP contribution < -0.4 is 0 Å². The SMILES string of the molecule is Fc1ccc(-c2cn[nH]c2C2CCCN(Cc3cc4ccccc4[nH]3)C2)cc1. The van der Waals surface area contributed by atoms with Crippen LogP contribution in [0.15, 0.2) is 60.8 Å². The lowest BCUT2D eigenvalue weighted by Gasteiger charge is -2.32. The lowest BCUT2D eigenvalue weighted by atomic mass is 9.90. The van der Waals surface area contributed by atoms with Gasteiger partial charge in [0.05, 0.1) is 6.20 Å². The third-order valence-electron chi connectivity index (χ3n) is 5.72. The Morgan fingerprint density at radius 3 is 2.82 bits per heavy atom. The second-order valence-electron chi connectivity index (χ2n) is 7.66. The molecule has 2 aromatic heterocycles. The van der Waals surface area contributed by atoms with E-state index in [9.17, 15) is 4.39 Å². The minimum Gasteiger partial charge on any atom is -0.357 e. The summed E-state index contributed by atoms with van der Waals surface area (Å²) in [6, 6.07) is 17.3. The fourth-order valence-electron chi connectivity index (χ4n) is 4.36. The first kappa shape index (κ1) is 17.2. The molecule has 0 bridgehead atoms. The molecule has 4 nitrogen and oxygen atoms in total. The van der Waals surface area contributed by atoms with E-state index in [0.717, 1.165) is 49.3 Å². The minimum atomic E-state index is -0.212. The van der Waals surface area contributed by atoms with Gasteiger partial charge >= 0.3 is 0 Å². The number of aromatic nitrogens is 3. The fourth-order valence-corrected chi connectivity index (χ4v) is 4.36. The second kappa shape index (κ2) is 7.24. The van der Waals surface area contributed by atoms with E-state index >= 15 is 0 Å². The van der Waals surface area contributed by atoms with E-state index in [4.69, 9.17) is 0 Å². The van der Waals surface area contributed by atoms with E-state index < -0.39 is 0 Å². The van der Waals surface area contributed by atoms with E-state index in [1.54, 1.807) is 0 Å². The standard InChI is InChI=1S/C23H23FN4/c24-19-9-7-16(8-10-19)21-13-25-27-23(21)18-5-3-11-28(14-18)15-20-12-17-4-1-2-6-22(17)26-20/h1-2,4,6-10,12-13,18,26H,3,5,11,14-15H2,(H,25,27). The summed E-state index contributed by atoms with van der Waals surface area (Å²) >= 11 is 0. The number of H-pyrrole nitrogens is 2. The Morgan fingerprint density at radius 1 is 1.11 bits per heavy atom. The van der Waals surface area contributed by atoms with Gasteiger partial charge in [-0.1, -0.05) is 30.3 Å². The van der Waals surface area contributed by atoms with Crippen LogP contribution in [0.5, 0.6) is 0 Å². The van der Waals surface area contributed by atoms with Gasteiger partial charge in [-0.25, -0.2) is 4.39 Å². The lowest BCUT2D eigenvalue weighted by Crippen LogP contribution is -2.34. The van der Waals surface area contributed by atoms with Crippen LogP contribution in [-0.2, 0) is 6.54 Å². The van der Waals surface area contributed by atoms with Crippen molar-refractivity contribution in [3.05, 3.63) is 78.0 Å². The summed E-state index contributed by atoms with van der Waals surface area (Å²) in [5.41, 5.74) is 5.70. The number of rotatable bonds is 4. The van der Waals surface area contributed by atoms with Crippen molar-refractivity contribution in [2.24, 2.45) is 0 Å². The summed E-state index contributed by atoms with van der Waals surface area (Å²) < 4.78 is 13.3. The van der Waals surface area contributed by atoms with Crippen molar-refractivity contribution in [2.45, 2.75) is 25.3 Å². The minimum absolute atomic E-state index is 0.212. The van der Waals surface area contributed by atoms with Crippen molar-refractivity contribution in [3.63, 3.8) is 0 Å². The molecule has 2 N–H and O–H groups in total. The van der Waals surface area contributed by atoms with E-state index in [0.29, 0.717) is 5.92 Å². The molecule has 5 rings (SSSR count). The topological polar surface area (TPSA) is 47.7 Å². The van der Waals surface area contributed by atoms with Crippen LogP contribution in [0.3, 0.4) is 0 Å². The molecule has 2 aromatic carbocycles. The third-order valence-corrected chi connectivity index (χ3v) is 5.72. The summed E-state index contributed by atoms with van der Waals surface area (Å²) in [5.74, 6) is 0.191. The quantitative estimate of drug-likeness (QED) is 0.523. The molecule has 5 heteroatoms. The number of nitrogens with zero attached hydrogens (tertiary/aromatic N) is 2. The van der Waals surface area contributed by atoms with Gasteiger partial charge in [0.25, 0.3) is 0 Å². The molecule has 1 aliphatic rings. The van der Waals surface area contributed by atoms with Crippen LogP contribution >= 0.6 is 0 Å². The van der Waals surface area contributed by atoms with Gasteiger partial charge in [-0.15, -0.1) is 0 Å². The van der Waals surface area contributed by atoms with Gasteiger partial charge in [0, 0.05) is 41.5 Å². The molecule has 1 fully saturated rings. The van der Waals surface area contributed by atoms with Gasteiger partial charge in [-0.3, -0.25) is 10.00 Å². The molecule has 0 spiro atoms. The zero-order valence-electron chi connectivity index (χ0n) is 15.7. The molecule has 0 radical (unpaired) electrons. The van der Waals surface area contributed by atoms with Gasteiger partial charge in [0.1, 0.15) is 5.82 Å². The molecule has 0 aliphatic carbocycles. The predicted molar refractivity (Wildman–Crippen MR) is 110 cm³/mol. The van der Waals surface area contributed by atoms with Gasteiger partial charge in [0.2, 0.25) is 0 Å². The fraction of sp³-hybridized carbons (Fsp3) is 0.261. The number of hydrogen-bond donors (Lipinski definition) is 2. The molecule has 1 saturated heterocycles. The molecule has 1 unspecified atom stereocenters. The average Bonchev–Trinajstić information content (AvgIpc) is 3.35. The number of halogens is 1. The second-order valence-corrected chi connectivity index (χ2v) is 7.66. The predicted octanol–water partition coefficient (Wildman–Crippen LogP) is 5.08. The molecule has 0 amide bonds. The largest absolute Gasteiger partial charge is 0.357 e. The molecule has 142 valence electrons. The van der Waals surface area contributed by atoms with E-state index in [1.165, 1.54) is 28.7 Å². The number of piperidine rings is 1. The summed E-state index contributed by atoms with van der Waals surface area (Å²) in [6.07, 6.45) is 4.16. The smallest absolute Gasteiger partial charge is 0.123 e. The van der Waals surface area contributed by atoms with Crippen LogP contribution in [-0.4, -0.2) is 33.2 Å². The van der Waals surface area contributed by atoms with Crippen molar-refractivity contribution >= 4 is 10.9 Å². The highest BCUT2D eigenvalue weighted by Crippen LogP contribution is 2.33. The lowest BCUT2D eigenvalue weighted by molar-refractivity contribution is 0.197. The Labute approximate surface area is 163 Å². The van der Waals surface area contributed by atoms with Gasteiger partial charge in [0.15, 0.2) is 0 Å². The highest BCUT2D eigenvalue weighted by molar-refractivity contribution is 5.80. The Hall–Kier alpha value is -2.92. The Bertz CT molecular complexity index is 1050. The molecule has 4 aromatic rings. The summed E-state index contributed by atoms with van der Waals surface area (Å²) in [6.45, 7) is 3.02. The maximum absolute atomic E-state index is 13.3. The van der Waals surface area contributed by atoms with E-state index in [1.807, 2.05) is 18.3 Å². The molecular formula is C23H23FN4. The number of likely N-dealkylation sites (tertiary alicyclic amines) is 1. The molecule has 1 atom stereocenters. The number of fused-ring (bicyclic) bond motifs is 1. The van der Waals surface area contributed by atoms with Crippen LogP contribution in [0.2, 0.25) is 0 Å². The maximum Gasteiger partial charge on any atom is 0.123 e. The average molecular weight is 374 g/mol. The van der Waals surface area contributed by atoms with Crippen molar-refractivity contribution in [3.8, 4) is 11.1 Å². The summed E-state index contributed by atoms with van der Waals surface area (Å²) in [5, 5.41) is 8.77. The maximum atomic E-state index is 13.3. The van der Waals surface area contributed by atoms with Gasteiger partial charge < -0.3 is 4.98 Å². The zero-order chi connectivity index (χ0) is 18.9. The van der Waals surface area contributed by atoms with Gasteiger partial charge in [-0.05, 0) is 54.6 Å². The molecular weight excluding hydrogens is 351 g/mol. The highest BCUT2D eigenvalue weighted by atomic mass is 19.1. The molecule has 3 heterocycles. The first-order valence-electron chi connectivity index (χ1n) is 9.84. The number of benzene rings is 2. The Kier molecular flexibility index (Phi) is 4.45. The van der Waals surface area contributed by atoms with Crippen LogP contribution in [0.25, 0.3) is 22.0 Å². The highest BCUT2D eigenvalue weighted by Gasteiger charge is 2.25. The number of aromatic amines is 2. The Morgan fingerprint density at radius 2 is 1.96 bits per heavy atom. The van der Waals surface area contributed by atoms with Crippen molar-refractivity contribution < 1.29 is 4.39 Å². The van der Waals surface area contributed by atoms with Gasteiger partial charge in [-0.2, -0.15) is 5.10 Å². The van der Waals surface area contributed by atoms with Crippen molar-refractivity contribution in [2.75, 3.05) is 13.1 Å². The summed E-state index contributed by atoms with van der Waals surface area (Å²) in [4.78, 5) is 6.05.